The third kappa shape index (κ3) is 4.59. The zero-order valence-corrected chi connectivity index (χ0v) is 14.6. The van der Waals surface area contributed by atoms with Crippen LogP contribution in [0.2, 0.25) is 0 Å². The van der Waals surface area contributed by atoms with Crippen LogP contribution in [0.25, 0.3) is 0 Å². The van der Waals surface area contributed by atoms with Gasteiger partial charge in [-0.1, -0.05) is 0 Å². The number of carbonyl (C=O) groups excluding carboxylic acids is 1. The van der Waals surface area contributed by atoms with Crippen LogP contribution in [0.3, 0.4) is 0 Å². The van der Waals surface area contributed by atoms with Gasteiger partial charge in [-0.25, -0.2) is 9.78 Å². The maximum Gasteiger partial charge on any atom is 0.422 e. The number of aromatic nitrogens is 3. The van der Waals surface area contributed by atoms with Gasteiger partial charge in [-0.15, -0.1) is 0 Å². The fourth-order valence-corrected chi connectivity index (χ4v) is 2.97. The molecule has 150 valence electrons. The number of likely N-dealkylation sites (tertiary alicyclic amines) is 1. The van der Waals surface area contributed by atoms with Crippen molar-refractivity contribution in [3.63, 3.8) is 0 Å². The smallest absolute Gasteiger partial charge is 0.422 e. The summed E-state index contributed by atoms with van der Waals surface area (Å²) in [5, 5.41) is 13.0. The van der Waals surface area contributed by atoms with E-state index in [1.54, 1.807) is 4.68 Å². The van der Waals surface area contributed by atoms with E-state index in [0.717, 1.165) is 0 Å². The number of amides is 1. The lowest BCUT2D eigenvalue weighted by Gasteiger charge is -2.32. The predicted octanol–water partition coefficient (Wildman–Crippen LogP) is 2.39. The highest BCUT2D eigenvalue weighted by atomic mass is 19.4. The number of rotatable bonds is 5. The molecular formula is C17H17F3N4O4. The summed E-state index contributed by atoms with van der Waals surface area (Å²) >= 11 is 0. The van der Waals surface area contributed by atoms with Crippen LogP contribution >= 0.6 is 0 Å². The maximum atomic E-state index is 12.7. The van der Waals surface area contributed by atoms with Gasteiger partial charge >= 0.3 is 12.1 Å². The molecule has 1 N–H and O–H groups in total. The van der Waals surface area contributed by atoms with Gasteiger partial charge in [0.25, 0.3) is 5.91 Å². The van der Waals surface area contributed by atoms with Gasteiger partial charge in [-0.2, -0.15) is 18.3 Å². The zero-order chi connectivity index (χ0) is 20.3. The lowest BCUT2D eigenvalue weighted by Crippen LogP contribution is -2.39. The summed E-state index contributed by atoms with van der Waals surface area (Å²) in [5.41, 5.74) is 0.0535. The molecule has 0 bridgehead atoms. The summed E-state index contributed by atoms with van der Waals surface area (Å²) in [7, 11) is 0. The first-order valence-corrected chi connectivity index (χ1v) is 8.46. The van der Waals surface area contributed by atoms with E-state index in [4.69, 9.17) is 5.11 Å². The molecule has 11 heteroatoms. The van der Waals surface area contributed by atoms with E-state index in [9.17, 15) is 22.8 Å². The normalized spacial score (nSPS) is 15.5. The summed E-state index contributed by atoms with van der Waals surface area (Å²) in [5.74, 6) is -1.89. The summed E-state index contributed by atoms with van der Waals surface area (Å²) in [6, 6.07) is 2.77. The average molecular weight is 398 g/mol. The fourth-order valence-electron chi connectivity index (χ4n) is 2.97. The number of piperidine rings is 1. The Morgan fingerprint density at radius 2 is 2.00 bits per heavy atom. The van der Waals surface area contributed by atoms with Gasteiger partial charge in [0.2, 0.25) is 5.88 Å². The number of nitrogens with zero attached hydrogens (tertiary/aromatic N) is 4. The molecule has 0 aliphatic carbocycles. The Hall–Kier alpha value is -3.11. The van der Waals surface area contributed by atoms with E-state index in [1.807, 2.05) is 0 Å². The van der Waals surface area contributed by atoms with E-state index in [1.165, 1.54) is 35.6 Å². The average Bonchev–Trinajstić information content (AvgIpc) is 3.16. The monoisotopic (exact) mass is 398 g/mol. The van der Waals surface area contributed by atoms with Crippen molar-refractivity contribution in [1.82, 2.24) is 19.7 Å². The van der Waals surface area contributed by atoms with Crippen molar-refractivity contribution in [1.29, 1.82) is 0 Å². The molecule has 1 amide bonds. The van der Waals surface area contributed by atoms with Crippen molar-refractivity contribution in [2.24, 2.45) is 0 Å². The van der Waals surface area contributed by atoms with Crippen molar-refractivity contribution >= 4 is 11.9 Å². The lowest BCUT2D eigenvalue weighted by molar-refractivity contribution is -0.154. The Morgan fingerprint density at radius 1 is 1.29 bits per heavy atom. The molecule has 1 aliphatic rings. The Morgan fingerprint density at radius 3 is 2.61 bits per heavy atom. The molecule has 1 fully saturated rings. The highest BCUT2D eigenvalue weighted by molar-refractivity contribution is 5.96. The van der Waals surface area contributed by atoms with Crippen LogP contribution in [0.15, 0.2) is 30.7 Å². The Bertz CT molecular complexity index is 860. The van der Waals surface area contributed by atoms with Crippen LogP contribution in [0.1, 0.15) is 39.6 Å². The summed E-state index contributed by atoms with van der Waals surface area (Å²) in [4.78, 5) is 28.9. The van der Waals surface area contributed by atoms with Gasteiger partial charge in [0, 0.05) is 25.5 Å². The first-order chi connectivity index (χ1) is 13.2. The number of carboxylic acids is 1. The molecule has 2 aromatic rings. The van der Waals surface area contributed by atoms with E-state index >= 15 is 0 Å². The first kappa shape index (κ1) is 19.6. The van der Waals surface area contributed by atoms with Crippen molar-refractivity contribution in [3.8, 4) is 5.88 Å². The van der Waals surface area contributed by atoms with E-state index in [-0.39, 0.29) is 23.0 Å². The molecule has 0 aromatic carbocycles. The molecule has 0 spiro atoms. The molecule has 2 aromatic heterocycles. The van der Waals surface area contributed by atoms with Gasteiger partial charge in [-0.05, 0) is 25.0 Å². The molecule has 28 heavy (non-hydrogen) atoms. The number of pyridine rings is 1. The van der Waals surface area contributed by atoms with Crippen molar-refractivity contribution in [2.75, 3.05) is 19.7 Å². The largest absolute Gasteiger partial charge is 0.478 e. The van der Waals surface area contributed by atoms with Crippen LogP contribution in [0.5, 0.6) is 5.88 Å². The molecule has 3 heterocycles. The summed E-state index contributed by atoms with van der Waals surface area (Å²) < 4.78 is 43.4. The summed E-state index contributed by atoms with van der Waals surface area (Å²) in [6.45, 7) is -0.837. The molecule has 0 atom stereocenters. The molecule has 1 saturated heterocycles. The Balaban J connectivity index is 1.64. The van der Waals surface area contributed by atoms with Crippen molar-refractivity contribution < 1.29 is 32.6 Å². The number of hydrogen-bond acceptors (Lipinski definition) is 5. The van der Waals surface area contributed by atoms with Gasteiger partial charge in [0.05, 0.1) is 17.8 Å². The number of carbonyl (C=O) groups is 2. The second kappa shape index (κ2) is 7.87. The first-order valence-electron chi connectivity index (χ1n) is 8.46. The van der Waals surface area contributed by atoms with E-state index in [2.05, 4.69) is 14.8 Å². The second-order valence-corrected chi connectivity index (χ2v) is 6.30. The van der Waals surface area contributed by atoms with Gasteiger partial charge in [0.1, 0.15) is 5.56 Å². The lowest BCUT2D eigenvalue weighted by atomic mass is 10.0. The minimum atomic E-state index is -4.53. The van der Waals surface area contributed by atoms with E-state index < -0.39 is 24.7 Å². The molecule has 8 nitrogen and oxygen atoms in total. The molecule has 0 saturated carbocycles. The van der Waals surface area contributed by atoms with Crippen LogP contribution in [-0.4, -0.2) is 62.5 Å². The van der Waals surface area contributed by atoms with Crippen LogP contribution in [-0.2, 0) is 0 Å². The molecule has 0 unspecified atom stereocenters. The number of hydrogen-bond donors (Lipinski definition) is 1. The third-order valence-electron chi connectivity index (χ3n) is 4.35. The minimum Gasteiger partial charge on any atom is -0.478 e. The quantitative estimate of drug-likeness (QED) is 0.831. The zero-order valence-electron chi connectivity index (χ0n) is 14.6. The molecule has 0 radical (unpaired) electrons. The van der Waals surface area contributed by atoms with Crippen LogP contribution < -0.4 is 4.74 Å². The van der Waals surface area contributed by atoms with E-state index in [0.29, 0.717) is 25.9 Å². The predicted molar refractivity (Wildman–Crippen MR) is 89.1 cm³/mol. The van der Waals surface area contributed by atoms with Crippen molar-refractivity contribution in [2.45, 2.75) is 25.1 Å². The SMILES string of the molecule is O=C(O)c1cnn(C2CCN(C(=O)c3cccnc3OCC(F)(F)F)CC2)c1. The highest BCUT2D eigenvalue weighted by Gasteiger charge is 2.31. The van der Waals surface area contributed by atoms with Crippen molar-refractivity contribution in [3.05, 3.63) is 41.9 Å². The molecule has 3 rings (SSSR count). The third-order valence-corrected chi connectivity index (χ3v) is 4.35. The summed E-state index contributed by atoms with van der Waals surface area (Å²) in [6.07, 6.45) is 0.493. The van der Waals surface area contributed by atoms with Gasteiger partial charge in [0.15, 0.2) is 6.61 Å². The number of alkyl halides is 3. The minimum absolute atomic E-state index is 0.0301. The standard InChI is InChI=1S/C17H17F3N4O4/c18-17(19,20)10-28-14-13(2-1-5-21-14)15(25)23-6-3-12(4-7-23)24-9-11(8-22-24)16(26)27/h1-2,5,8-9,12H,3-4,6-7,10H2,(H,26,27). The van der Waals surface area contributed by atoms with Gasteiger partial charge < -0.3 is 14.7 Å². The van der Waals surface area contributed by atoms with Crippen LogP contribution in [0.4, 0.5) is 13.2 Å². The number of ether oxygens (including phenoxy) is 1. The maximum absolute atomic E-state index is 12.7. The topological polar surface area (TPSA) is 97.6 Å². The number of carboxylic acid groups (broad SMARTS) is 1. The fraction of sp³-hybridized carbons (Fsp3) is 0.412. The Kier molecular flexibility index (Phi) is 5.52. The highest BCUT2D eigenvalue weighted by Crippen LogP contribution is 2.26. The second-order valence-electron chi connectivity index (χ2n) is 6.30. The number of halogens is 3. The van der Waals surface area contributed by atoms with Gasteiger partial charge in [-0.3, -0.25) is 9.48 Å². The number of aromatic carboxylic acids is 1. The molecular weight excluding hydrogens is 381 g/mol. The van der Waals surface area contributed by atoms with Crippen LogP contribution in [0, 0.1) is 0 Å². The Labute approximate surface area is 157 Å². The molecule has 1 aliphatic heterocycles.